The molecule has 0 heterocycles. The minimum Gasteiger partial charge on any atom is -0.326 e. The first kappa shape index (κ1) is 12.8. The highest BCUT2D eigenvalue weighted by Gasteiger charge is 2.07. The zero-order chi connectivity index (χ0) is 13.3. The molecule has 0 radical (unpaired) electrons. The van der Waals surface area contributed by atoms with Crippen molar-refractivity contribution in [1.82, 2.24) is 0 Å². The van der Waals surface area contributed by atoms with Crippen LogP contribution in [0.15, 0.2) is 30.3 Å². The Kier molecular flexibility index (Phi) is 3.48. The summed E-state index contributed by atoms with van der Waals surface area (Å²) in [6.45, 7) is 6.45. The molecule has 0 aromatic heterocycles. The van der Waals surface area contributed by atoms with Gasteiger partial charge in [-0.2, -0.15) is 0 Å². The quantitative estimate of drug-likeness (QED) is 0.851. The van der Waals surface area contributed by atoms with E-state index >= 15 is 0 Å². The molecule has 0 saturated carbocycles. The fourth-order valence-electron chi connectivity index (χ4n) is 2.15. The summed E-state index contributed by atoms with van der Waals surface area (Å²) in [6.07, 6.45) is 0. The van der Waals surface area contributed by atoms with Crippen molar-refractivity contribution in [3.8, 4) is 11.1 Å². The number of rotatable bonds is 2. The lowest BCUT2D eigenvalue weighted by molar-refractivity contribution is 0.611. The van der Waals surface area contributed by atoms with Crippen molar-refractivity contribution < 1.29 is 4.39 Å². The summed E-state index contributed by atoms with van der Waals surface area (Å²) in [5, 5.41) is 0. The standard InChI is InChI=1S/C16H18FN/c1-10-6-12(3)15(7-11(10)2)13-4-5-14(9-18)16(17)8-13/h4-8H,9,18H2,1-3H3. The molecule has 0 aliphatic rings. The van der Waals surface area contributed by atoms with E-state index in [1.807, 2.05) is 6.07 Å². The second-order valence-corrected chi connectivity index (χ2v) is 4.76. The van der Waals surface area contributed by atoms with Crippen molar-refractivity contribution in [2.75, 3.05) is 0 Å². The first-order valence-corrected chi connectivity index (χ1v) is 6.09. The fourth-order valence-corrected chi connectivity index (χ4v) is 2.15. The third kappa shape index (κ3) is 2.29. The van der Waals surface area contributed by atoms with Crippen LogP contribution in [0.25, 0.3) is 11.1 Å². The van der Waals surface area contributed by atoms with Gasteiger partial charge in [0.1, 0.15) is 5.82 Å². The maximum atomic E-state index is 13.8. The highest BCUT2D eigenvalue weighted by molar-refractivity contribution is 5.69. The van der Waals surface area contributed by atoms with Crippen LogP contribution >= 0.6 is 0 Å². The molecule has 0 aliphatic heterocycles. The van der Waals surface area contributed by atoms with Crippen LogP contribution in [0.4, 0.5) is 4.39 Å². The van der Waals surface area contributed by atoms with Gasteiger partial charge in [-0.15, -0.1) is 0 Å². The molecule has 2 aromatic rings. The van der Waals surface area contributed by atoms with E-state index in [1.165, 1.54) is 11.1 Å². The van der Waals surface area contributed by atoms with Crippen LogP contribution < -0.4 is 5.73 Å². The Labute approximate surface area is 107 Å². The zero-order valence-electron chi connectivity index (χ0n) is 11.0. The molecule has 0 bridgehead atoms. The SMILES string of the molecule is Cc1cc(C)c(-c2ccc(CN)c(F)c2)cc1C. The molecule has 0 atom stereocenters. The van der Waals surface area contributed by atoms with Gasteiger partial charge in [0.05, 0.1) is 0 Å². The van der Waals surface area contributed by atoms with Crippen LogP contribution in [0.1, 0.15) is 22.3 Å². The molecule has 94 valence electrons. The van der Waals surface area contributed by atoms with E-state index in [1.54, 1.807) is 12.1 Å². The predicted octanol–water partition coefficient (Wildman–Crippen LogP) is 3.88. The smallest absolute Gasteiger partial charge is 0.128 e. The fraction of sp³-hybridized carbons (Fsp3) is 0.250. The molecule has 2 N–H and O–H groups in total. The van der Waals surface area contributed by atoms with E-state index in [4.69, 9.17) is 5.73 Å². The first-order chi connectivity index (χ1) is 8.52. The number of aryl methyl sites for hydroxylation is 3. The van der Waals surface area contributed by atoms with E-state index in [9.17, 15) is 4.39 Å². The summed E-state index contributed by atoms with van der Waals surface area (Å²) in [6, 6.07) is 9.52. The summed E-state index contributed by atoms with van der Waals surface area (Å²) in [7, 11) is 0. The molecular formula is C16H18FN. The van der Waals surface area contributed by atoms with Gasteiger partial charge in [0.25, 0.3) is 0 Å². The van der Waals surface area contributed by atoms with E-state index in [0.29, 0.717) is 5.56 Å². The van der Waals surface area contributed by atoms with Gasteiger partial charge < -0.3 is 5.73 Å². The second kappa shape index (κ2) is 4.91. The summed E-state index contributed by atoms with van der Waals surface area (Å²) < 4.78 is 13.8. The number of hydrogen-bond donors (Lipinski definition) is 1. The van der Waals surface area contributed by atoms with Gasteiger partial charge in [0, 0.05) is 12.1 Å². The lowest BCUT2D eigenvalue weighted by Gasteiger charge is -2.11. The normalized spacial score (nSPS) is 10.7. The molecule has 2 heteroatoms. The minimum atomic E-state index is -0.229. The van der Waals surface area contributed by atoms with E-state index < -0.39 is 0 Å². The average Bonchev–Trinajstić information content (AvgIpc) is 2.33. The zero-order valence-corrected chi connectivity index (χ0v) is 11.0. The van der Waals surface area contributed by atoms with Crippen LogP contribution in [0, 0.1) is 26.6 Å². The maximum Gasteiger partial charge on any atom is 0.128 e. The van der Waals surface area contributed by atoms with Crippen LogP contribution in [-0.2, 0) is 6.54 Å². The topological polar surface area (TPSA) is 26.0 Å². The van der Waals surface area contributed by atoms with Crippen molar-refractivity contribution in [1.29, 1.82) is 0 Å². The van der Waals surface area contributed by atoms with Crippen LogP contribution in [0.3, 0.4) is 0 Å². The summed E-state index contributed by atoms with van der Waals surface area (Å²) >= 11 is 0. The molecule has 0 amide bonds. The van der Waals surface area contributed by atoms with E-state index in [2.05, 4.69) is 32.9 Å². The van der Waals surface area contributed by atoms with E-state index in [0.717, 1.165) is 16.7 Å². The molecule has 0 spiro atoms. The van der Waals surface area contributed by atoms with Gasteiger partial charge in [-0.05, 0) is 54.7 Å². The Bertz CT molecular complexity index is 588. The van der Waals surface area contributed by atoms with Gasteiger partial charge in [-0.3, -0.25) is 0 Å². The van der Waals surface area contributed by atoms with Crippen LogP contribution in [0.5, 0.6) is 0 Å². The van der Waals surface area contributed by atoms with Gasteiger partial charge >= 0.3 is 0 Å². The largest absolute Gasteiger partial charge is 0.326 e. The van der Waals surface area contributed by atoms with Gasteiger partial charge in [0.15, 0.2) is 0 Å². The Morgan fingerprint density at radius 1 is 0.944 bits per heavy atom. The second-order valence-electron chi connectivity index (χ2n) is 4.76. The third-order valence-corrected chi connectivity index (χ3v) is 3.42. The lowest BCUT2D eigenvalue weighted by atomic mass is 9.95. The molecule has 0 saturated heterocycles. The summed E-state index contributed by atoms with van der Waals surface area (Å²) in [5.74, 6) is -0.229. The molecule has 1 nitrogen and oxygen atoms in total. The van der Waals surface area contributed by atoms with Crippen molar-refractivity contribution in [2.24, 2.45) is 5.73 Å². The molecule has 0 aliphatic carbocycles. The third-order valence-electron chi connectivity index (χ3n) is 3.42. The molecular weight excluding hydrogens is 225 g/mol. The average molecular weight is 243 g/mol. The highest BCUT2D eigenvalue weighted by Crippen LogP contribution is 2.27. The Morgan fingerprint density at radius 2 is 1.61 bits per heavy atom. The van der Waals surface area contributed by atoms with Crippen molar-refractivity contribution in [3.63, 3.8) is 0 Å². The number of halogens is 1. The Morgan fingerprint density at radius 3 is 2.22 bits per heavy atom. The molecule has 2 rings (SSSR count). The van der Waals surface area contributed by atoms with Gasteiger partial charge in [-0.25, -0.2) is 4.39 Å². The molecule has 0 unspecified atom stereocenters. The maximum absolute atomic E-state index is 13.8. The predicted molar refractivity (Wildman–Crippen MR) is 73.9 cm³/mol. The highest BCUT2D eigenvalue weighted by atomic mass is 19.1. The molecule has 0 fully saturated rings. The first-order valence-electron chi connectivity index (χ1n) is 6.09. The Hall–Kier alpha value is -1.67. The van der Waals surface area contributed by atoms with Crippen LogP contribution in [0.2, 0.25) is 0 Å². The molecule has 2 aromatic carbocycles. The molecule has 18 heavy (non-hydrogen) atoms. The summed E-state index contributed by atoms with van der Waals surface area (Å²) in [5.41, 5.74) is 11.7. The monoisotopic (exact) mass is 243 g/mol. The Balaban J connectivity index is 2.55. The van der Waals surface area contributed by atoms with Crippen LogP contribution in [-0.4, -0.2) is 0 Å². The lowest BCUT2D eigenvalue weighted by Crippen LogP contribution is -2.00. The van der Waals surface area contributed by atoms with Gasteiger partial charge in [-0.1, -0.05) is 24.3 Å². The van der Waals surface area contributed by atoms with E-state index in [-0.39, 0.29) is 12.4 Å². The van der Waals surface area contributed by atoms with Gasteiger partial charge in [0.2, 0.25) is 0 Å². The van der Waals surface area contributed by atoms with Crippen molar-refractivity contribution >= 4 is 0 Å². The van der Waals surface area contributed by atoms with Crippen molar-refractivity contribution in [2.45, 2.75) is 27.3 Å². The van der Waals surface area contributed by atoms with Crippen molar-refractivity contribution in [3.05, 3.63) is 58.4 Å². The summed E-state index contributed by atoms with van der Waals surface area (Å²) in [4.78, 5) is 0. The number of hydrogen-bond acceptors (Lipinski definition) is 1. The minimum absolute atomic E-state index is 0.229. The number of benzene rings is 2. The number of nitrogens with two attached hydrogens (primary N) is 1.